The Balaban J connectivity index is 1.51. The molecule has 0 spiro atoms. The normalized spacial score (nSPS) is 23.6. The Morgan fingerprint density at radius 1 is 1.12 bits per heavy atom. The Hall–Kier alpha value is -0.120. The van der Waals surface area contributed by atoms with Gasteiger partial charge in [-0.2, -0.15) is 0 Å². The molecule has 1 aliphatic carbocycles. The van der Waals surface area contributed by atoms with Crippen molar-refractivity contribution in [1.82, 2.24) is 10.2 Å². The van der Waals surface area contributed by atoms with E-state index in [2.05, 4.69) is 17.3 Å². The first kappa shape index (κ1) is 13.3. The van der Waals surface area contributed by atoms with Crippen LogP contribution in [0, 0.1) is 5.92 Å². The number of nitrogens with one attached hydrogen (secondary N) is 1. The van der Waals surface area contributed by atoms with E-state index in [4.69, 9.17) is 4.74 Å². The van der Waals surface area contributed by atoms with E-state index in [-0.39, 0.29) is 0 Å². The minimum Gasteiger partial charge on any atom is -0.377 e. The topological polar surface area (TPSA) is 24.5 Å². The Kier molecular flexibility index (Phi) is 5.75. The summed E-state index contributed by atoms with van der Waals surface area (Å²) >= 11 is 0. The van der Waals surface area contributed by atoms with E-state index in [9.17, 15) is 0 Å². The van der Waals surface area contributed by atoms with Crippen LogP contribution in [0.1, 0.15) is 38.5 Å². The standard InChI is InChI=1S/C14H28N2O/c1-16(12-13-4-2-3-5-13)10-11-17-14-6-8-15-9-7-14/h13-15H,2-12H2,1H3. The van der Waals surface area contributed by atoms with Crippen molar-refractivity contribution in [3.8, 4) is 0 Å². The van der Waals surface area contributed by atoms with E-state index < -0.39 is 0 Å². The van der Waals surface area contributed by atoms with E-state index in [1.54, 1.807) is 0 Å². The van der Waals surface area contributed by atoms with Crippen molar-refractivity contribution in [2.24, 2.45) is 5.92 Å². The fourth-order valence-electron chi connectivity index (χ4n) is 3.06. The van der Waals surface area contributed by atoms with E-state index in [0.29, 0.717) is 6.10 Å². The molecule has 0 aromatic heterocycles. The summed E-state index contributed by atoms with van der Waals surface area (Å²) < 4.78 is 5.94. The summed E-state index contributed by atoms with van der Waals surface area (Å²) in [5.74, 6) is 0.957. The third-order valence-electron chi connectivity index (χ3n) is 4.16. The van der Waals surface area contributed by atoms with Gasteiger partial charge >= 0.3 is 0 Å². The Morgan fingerprint density at radius 3 is 2.53 bits per heavy atom. The molecule has 2 rings (SSSR count). The first-order valence-corrected chi connectivity index (χ1v) is 7.35. The lowest BCUT2D eigenvalue weighted by Crippen LogP contribution is -2.34. The van der Waals surface area contributed by atoms with E-state index in [0.717, 1.165) is 32.2 Å². The van der Waals surface area contributed by atoms with Crippen molar-refractivity contribution in [3.05, 3.63) is 0 Å². The second kappa shape index (κ2) is 7.34. The summed E-state index contributed by atoms with van der Waals surface area (Å²) in [7, 11) is 2.24. The molecule has 2 aliphatic rings. The summed E-state index contributed by atoms with van der Waals surface area (Å²) in [5.41, 5.74) is 0. The minimum absolute atomic E-state index is 0.510. The lowest BCUT2D eigenvalue weighted by atomic mass is 10.1. The maximum Gasteiger partial charge on any atom is 0.0600 e. The van der Waals surface area contributed by atoms with Crippen LogP contribution >= 0.6 is 0 Å². The summed E-state index contributed by atoms with van der Waals surface area (Å²) in [6.45, 7) is 5.54. The van der Waals surface area contributed by atoms with Gasteiger partial charge in [0.05, 0.1) is 12.7 Å². The molecule has 3 heteroatoms. The Morgan fingerprint density at radius 2 is 1.82 bits per heavy atom. The van der Waals surface area contributed by atoms with E-state index in [1.165, 1.54) is 45.1 Å². The van der Waals surface area contributed by atoms with Crippen LogP contribution in [-0.2, 0) is 4.74 Å². The van der Waals surface area contributed by atoms with Crippen LogP contribution in [0.5, 0.6) is 0 Å². The first-order valence-electron chi connectivity index (χ1n) is 7.35. The summed E-state index contributed by atoms with van der Waals surface area (Å²) in [6.07, 6.45) is 8.67. The van der Waals surface area contributed by atoms with Crippen LogP contribution in [0.3, 0.4) is 0 Å². The predicted molar refractivity (Wildman–Crippen MR) is 71.3 cm³/mol. The molecule has 3 nitrogen and oxygen atoms in total. The molecule has 1 aliphatic heterocycles. The van der Waals surface area contributed by atoms with Crippen LogP contribution in [-0.4, -0.2) is 50.8 Å². The number of ether oxygens (including phenoxy) is 1. The van der Waals surface area contributed by atoms with Crippen molar-refractivity contribution in [1.29, 1.82) is 0 Å². The summed E-state index contributed by atoms with van der Waals surface area (Å²) in [5, 5.41) is 3.37. The van der Waals surface area contributed by atoms with Gasteiger partial charge in [-0.05, 0) is 51.7 Å². The molecule has 1 saturated heterocycles. The maximum atomic E-state index is 5.94. The van der Waals surface area contributed by atoms with Gasteiger partial charge < -0.3 is 15.0 Å². The molecule has 100 valence electrons. The van der Waals surface area contributed by atoms with Gasteiger partial charge in [0.1, 0.15) is 0 Å². The maximum absolute atomic E-state index is 5.94. The Bertz CT molecular complexity index is 198. The minimum atomic E-state index is 0.510. The number of hydrogen-bond donors (Lipinski definition) is 1. The SMILES string of the molecule is CN(CCOC1CCNCC1)CC1CCCC1. The number of likely N-dealkylation sites (N-methyl/N-ethyl adjacent to an activating group) is 1. The molecular weight excluding hydrogens is 212 g/mol. The van der Waals surface area contributed by atoms with Crippen molar-refractivity contribution < 1.29 is 4.74 Å². The van der Waals surface area contributed by atoms with Crippen molar-refractivity contribution in [2.75, 3.05) is 39.8 Å². The average Bonchev–Trinajstić information content (AvgIpc) is 2.83. The second-order valence-electron chi connectivity index (χ2n) is 5.73. The highest BCUT2D eigenvalue weighted by Crippen LogP contribution is 2.24. The molecule has 0 bridgehead atoms. The van der Waals surface area contributed by atoms with E-state index >= 15 is 0 Å². The second-order valence-corrected chi connectivity index (χ2v) is 5.73. The van der Waals surface area contributed by atoms with Gasteiger partial charge in [-0.1, -0.05) is 12.8 Å². The average molecular weight is 240 g/mol. The monoisotopic (exact) mass is 240 g/mol. The smallest absolute Gasteiger partial charge is 0.0600 e. The first-order chi connectivity index (χ1) is 8.34. The number of nitrogens with zero attached hydrogens (tertiary/aromatic N) is 1. The van der Waals surface area contributed by atoms with Gasteiger partial charge in [-0.15, -0.1) is 0 Å². The highest BCUT2D eigenvalue weighted by atomic mass is 16.5. The van der Waals surface area contributed by atoms with Crippen molar-refractivity contribution in [2.45, 2.75) is 44.6 Å². The Labute approximate surface area is 106 Å². The molecule has 17 heavy (non-hydrogen) atoms. The molecule has 0 amide bonds. The molecule has 0 atom stereocenters. The number of piperidine rings is 1. The molecule has 0 aromatic carbocycles. The zero-order valence-corrected chi connectivity index (χ0v) is 11.3. The highest BCUT2D eigenvalue weighted by molar-refractivity contribution is 4.71. The highest BCUT2D eigenvalue weighted by Gasteiger charge is 2.17. The molecule has 1 N–H and O–H groups in total. The van der Waals surface area contributed by atoms with Gasteiger partial charge in [0.15, 0.2) is 0 Å². The molecule has 1 saturated carbocycles. The third-order valence-corrected chi connectivity index (χ3v) is 4.16. The zero-order chi connectivity index (χ0) is 11.9. The van der Waals surface area contributed by atoms with Crippen LogP contribution in [0.15, 0.2) is 0 Å². The lowest BCUT2D eigenvalue weighted by Gasteiger charge is -2.25. The van der Waals surface area contributed by atoms with Crippen LogP contribution < -0.4 is 5.32 Å². The number of hydrogen-bond acceptors (Lipinski definition) is 3. The fourth-order valence-corrected chi connectivity index (χ4v) is 3.06. The number of rotatable bonds is 6. The fraction of sp³-hybridized carbons (Fsp3) is 1.00. The molecule has 0 unspecified atom stereocenters. The van der Waals surface area contributed by atoms with Crippen LogP contribution in [0.25, 0.3) is 0 Å². The lowest BCUT2D eigenvalue weighted by molar-refractivity contribution is 0.0217. The van der Waals surface area contributed by atoms with Gasteiger partial charge in [-0.25, -0.2) is 0 Å². The zero-order valence-electron chi connectivity index (χ0n) is 11.3. The molecular formula is C14H28N2O. The van der Waals surface area contributed by atoms with Crippen molar-refractivity contribution in [3.63, 3.8) is 0 Å². The van der Waals surface area contributed by atoms with Crippen molar-refractivity contribution >= 4 is 0 Å². The van der Waals surface area contributed by atoms with Gasteiger partial charge in [0.2, 0.25) is 0 Å². The third kappa shape index (κ3) is 4.94. The van der Waals surface area contributed by atoms with Gasteiger partial charge in [0, 0.05) is 13.1 Å². The van der Waals surface area contributed by atoms with Gasteiger partial charge in [0.25, 0.3) is 0 Å². The largest absolute Gasteiger partial charge is 0.377 e. The summed E-state index contributed by atoms with van der Waals surface area (Å²) in [4.78, 5) is 2.46. The van der Waals surface area contributed by atoms with Crippen LogP contribution in [0.2, 0.25) is 0 Å². The molecule has 1 heterocycles. The summed E-state index contributed by atoms with van der Waals surface area (Å²) in [6, 6.07) is 0. The van der Waals surface area contributed by atoms with Gasteiger partial charge in [-0.3, -0.25) is 0 Å². The van der Waals surface area contributed by atoms with E-state index in [1.807, 2.05) is 0 Å². The van der Waals surface area contributed by atoms with Crippen LogP contribution in [0.4, 0.5) is 0 Å². The molecule has 0 aromatic rings. The predicted octanol–water partition coefficient (Wildman–Crippen LogP) is 1.88. The molecule has 0 radical (unpaired) electrons. The quantitative estimate of drug-likeness (QED) is 0.767. The molecule has 2 fully saturated rings.